The lowest BCUT2D eigenvalue weighted by Crippen LogP contribution is -2.08. The molecule has 3 N–H and O–H groups in total. The number of nitrogens with two attached hydrogens (primary N) is 1. The van der Waals surface area contributed by atoms with Gasteiger partial charge in [-0.15, -0.1) is 0 Å². The van der Waals surface area contributed by atoms with Crippen LogP contribution in [0.15, 0.2) is 48.5 Å². The molecule has 2 rings (SSSR count). The van der Waals surface area contributed by atoms with Crippen molar-refractivity contribution in [1.29, 1.82) is 0 Å². The third-order valence-electron chi connectivity index (χ3n) is 2.56. The highest BCUT2D eigenvalue weighted by Gasteiger charge is 2.02. The number of anilines is 2. The van der Waals surface area contributed by atoms with Crippen LogP contribution in [0.5, 0.6) is 0 Å². The Morgan fingerprint density at radius 3 is 2.55 bits per heavy atom. The van der Waals surface area contributed by atoms with E-state index in [0.29, 0.717) is 10.7 Å². The van der Waals surface area contributed by atoms with Crippen molar-refractivity contribution in [3.63, 3.8) is 0 Å². The van der Waals surface area contributed by atoms with Crippen molar-refractivity contribution in [2.45, 2.75) is 0 Å². The molecule has 0 radical (unpaired) electrons. The number of rotatable bonds is 3. The van der Waals surface area contributed by atoms with Gasteiger partial charge in [-0.05, 0) is 42.0 Å². The highest BCUT2D eigenvalue weighted by molar-refractivity contribution is 6.30. The Morgan fingerprint density at radius 2 is 1.90 bits per heavy atom. The second-order valence-corrected chi connectivity index (χ2v) is 4.55. The molecule has 0 saturated carbocycles. The van der Waals surface area contributed by atoms with Gasteiger partial charge in [0.2, 0.25) is 5.91 Å². The molecule has 0 heterocycles. The Bertz CT molecular complexity index is 653. The fourth-order valence-corrected chi connectivity index (χ4v) is 1.68. The molecular formula is C15H12ClFN2O. The highest BCUT2D eigenvalue weighted by Crippen LogP contribution is 2.16. The Morgan fingerprint density at radius 1 is 1.20 bits per heavy atom. The van der Waals surface area contributed by atoms with Crippen molar-refractivity contribution >= 4 is 35.0 Å². The molecular weight excluding hydrogens is 279 g/mol. The Hall–Kier alpha value is -2.33. The smallest absolute Gasteiger partial charge is 0.248 e. The van der Waals surface area contributed by atoms with E-state index in [0.717, 1.165) is 5.56 Å². The van der Waals surface area contributed by atoms with Crippen LogP contribution in [-0.2, 0) is 4.79 Å². The van der Waals surface area contributed by atoms with E-state index in [4.69, 9.17) is 17.3 Å². The number of nitrogens with one attached hydrogen (secondary N) is 1. The van der Waals surface area contributed by atoms with Crippen molar-refractivity contribution in [3.05, 3.63) is 64.9 Å². The van der Waals surface area contributed by atoms with Gasteiger partial charge in [-0.25, -0.2) is 4.39 Å². The SMILES string of the molecule is Nc1cc(NC(=O)C=Cc2ccc(Cl)cc2)ccc1F. The maximum Gasteiger partial charge on any atom is 0.248 e. The standard InChI is InChI=1S/C15H12ClFN2O/c16-11-4-1-10(2-5-11)3-8-15(20)19-12-6-7-13(17)14(18)9-12/h1-9H,18H2,(H,19,20). The second kappa shape index (κ2) is 6.21. The minimum absolute atomic E-state index is 0.00974. The third-order valence-corrected chi connectivity index (χ3v) is 2.81. The molecule has 0 aliphatic heterocycles. The van der Waals surface area contributed by atoms with E-state index < -0.39 is 5.82 Å². The second-order valence-electron chi connectivity index (χ2n) is 4.11. The van der Waals surface area contributed by atoms with E-state index in [-0.39, 0.29) is 11.6 Å². The molecule has 0 fully saturated rings. The summed E-state index contributed by atoms with van der Waals surface area (Å²) in [6.07, 6.45) is 3.03. The summed E-state index contributed by atoms with van der Waals surface area (Å²) >= 11 is 5.76. The lowest BCUT2D eigenvalue weighted by molar-refractivity contribution is -0.111. The zero-order valence-electron chi connectivity index (χ0n) is 10.4. The number of carbonyl (C=O) groups is 1. The van der Waals surface area contributed by atoms with Crippen LogP contribution < -0.4 is 11.1 Å². The summed E-state index contributed by atoms with van der Waals surface area (Å²) in [6, 6.07) is 11.1. The molecule has 102 valence electrons. The number of hydrogen-bond acceptors (Lipinski definition) is 2. The molecule has 2 aromatic carbocycles. The number of nitrogen functional groups attached to an aromatic ring is 1. The van der Waals surface area contributed by atoms with Gasteiger partial charge in [0, 0.05) is 16.8 Å². The van der Waals surface area contributed by atoms with Crippen molar-refractivity contribution in [3.8, 4) is 0 Å². The summed E-state index contributed by atoms with van der Waals surface area (Å²) in [5.74, 6) is -0.842. The maximum absolute atomic E-state index is 13.0. The van der Waals surface area contributed by atoms with Gasteiger partial charge in [0.05, 0.1) is 5.69 Å². The lowest BCUT2D eigenvalue weighted by Gasteiger charge is -2.03. The molecule has 3 nitrogen and oxygen atoms in total. The topological polar surface area (TPSA) is 55.1 Å². The fraction of sp³-hybridized carbons (Fsp3) is 0. The highest BCUT2D eigenvalue weighted by atomic mass is 35.5. The Labute approximate surface area is 120 Å². The number of halogens is 2. The molecule has 2 aromatic rings. The van der Waals surface area contributed by atoms with Gasteiger partial charge in [0.15, 0.2) is 0 Å². The molecule has 0 aliphatic carbocycles. The summed E-state index contributed by atoms with van der Waals surface area (Å²) in [4.78, 5) is 11.7. The molecule has 0 aliphatic rings. The van der Waals surface area contributed by atoms with E-state index in [1.165, 1.54) is 24.3 Å². The summed E-state index contributed by atoms with van der Waals surface area (Å²) < 4.78 is 13.0. The third kappa shape index (κ3) is 3.83. The fourth-order valence-electron chi connectivity index (χ4n) is 1.55. The number of carbonyl (C=O) groups excluding carboxylic acids is 1. The molecule has 0 bridgehead atoms. The van der Waals surface area contributed by atoms with Gasteiger partial charge < -0.3 is 11.1 Å². The largest absolute Gasteiger partial charge is 0.396 e. The monoisotopic (exact) mass is 290 g/mol. The molecule has 0 aromatic heterocycles. The van der Waals surface area contributed by atoms with Crippen LogP contribution in [-0.4, -0.2) is 5.91 Å². The molecule has 5 heteroatoms. The zero-order valence-corrected chi connectivity index (χ0v) is 11.2. The van der Waals surface area contributed by atoms with Crippen LogP contribution in [0, 0.1) is 5.82 Å². The Kier molecular flexibility index (Phi) is 4.38. The van der Waals surface area contributed by atoms with Gasteiger partial charge >= 0.3 is 0 Å². The predicted octanol–water partition coefficient (Wildman–Crippen LogP) is 3.71. The number of benzene rings is 2. The van der Waals surface area contributed by atoms with E-state index >= 15 is 0 Å². The van der Waals surface area contributed by atoms with Gasteiger partial charge in [-0.1, -0.05) is 23.7 Å². The van der Waals surface area contributed by atoms with Crippen molar-refractivity contribution in [2.24, 2.45) is 0 Å². The van der Waals surface area contributed by atoms with E-state index in [1.807, 2.05) is 0 Å². The van der Waals surface area contributed by atoms with Crippen LogP contribution in [0.2, 0.25) is 5.02 Å². The molecule has 0 spiro atoms. The van der Waals surface area contributed by atoms with Gasteiger partial charge in [0.25, 0.3) is 0 Å². The van der Waals surface area contributed by atoms with Crippen molar-refractivity contribution in [1.82, 2.24) is 0 Å². The summed E-state index contributed by atoms with van der Waals surface area (Å²) in [6.45, 7) is 0. The van der Waals surface area contributed by atoms with Crippen LogP contribution in [0.1, 0.15) is 5.56 Å². The number of amides is 1. The van der Waals surface area contributed by atoms with Crippen LogP contribution in [0.25, 0.3) is 6.08 Å². The molecule has 0 unspecified atom stereocenters. The molecule has 0 saturated heterocycles. The summed E-state index contributed by atoms with van der Waals surface area (Å²) in [5.41, 5.74) is 6.70. The summed E-state index contributed by atoms with van der Waals surface area (Å²) in [7, 11) is 0. The first-order valence-corrected chi connectivity index (χ1v) is 6.22. The molecule has 1 amide bonds. The molecule has 0 atom stereocenters. The normalized spacial score (nSPS) is 10.7. The lowest BCUT2D eigenvalue weighted by atomic mass is 10.2. The Balaban J connectivity index is 2.01. The minimum atomic E-state index is -0.514. The average molecular weight is 291 g/mol. The van der Waals surface area contributed by atoms with Crippen molar-refractivity contribution < 1.29 is 9.18 Å². The predicted molar refractivity (Wildman–Crippen MR) is 79.9 cm³/mol. The van der Waals surface area contributed by atoms with Gasteiger partial charge in [0.1, 0.15) is 5.82 Å². The van der Waals surface area contributed by atoms with Gasteiger partial charge in [-0.3, -0.25) is 4.79 Å². The summed E-state index contributed by atoms with van der Waals surface area (Å²) in [5, 5.41) is 3.23. The van der Waals surface area contributed by atoms with E-state index in [2.05, 4.69) is 5.32 Å². The quantitative estimate of drug-likeness (QED) is 0.669. The van der Waals surface area contributed by atoms with Crippen LogP contribution in [0.4, 0.5) is 15.8 Å². The van der Waals surface area contributed by atoms with Crippen LogP contribution in [0.3, 0.4) is 0 Å². The van der Waals surface area contributed by atoms with E-state index in [9.17, 15) is 9.18 Å². The maximum atomic E-state index is 13.0. The molecule has 20 heavy (non-hydrogen) atoms. The average Bonchev–Trinajstić information content (AvgIpc) is 2.42. The first kappa shape index (κ1) is 14.1. The minimum Gasteiger partial charge on any atom is -0.396 e. The van der Waals surface area contributed by atoms with Crippen LogP contribution >= 0.6 is 11.6 Å². The first-order chi connectivity index (χ1) is 9.54. The van der Waals surface area contributed by atoms with Crippen molar-refractivity contribution in [2.75, 3.05) is 11.1 Å². The van der Waals surface area contributed by atoms with Gasteiger partial charge in [-0.2, -0.15) is 0 Å². The number of hydrogen-bond donors (Lipinski definition) is 2. The zero-order chi connectivity index (χ0) is 14.5. The van der Waals surface area contributed by atoms with E-state index in [1.54, 1.807) is 30.3 Å². The first-order valence-electron chi connectivity index (χ1n) is 5.84.